The molecule has 2 aliphatic heterocycles. The summed E-state index contributed by atoms with van der Waals surface area (Å²) < 4.78 is 4.89. The number of likely N-dealkylation sites (tertiary alicyclic amines) is 2. The molecule has 2 fully saturated rings. The van der Waals surface area contributed by atoms with Crippen LogP contribution in [0.25, 0.3) is 0 Å². The molecule has 1 aromatic heterocycles. The Hall–Kier alpha value is -2.42. The van der Waals surface area contributed by atoms with Crippen molar-refractivity contribution < 1.29 is 24.0 Å². The van der Waals surface area contributed by atoms with Gasteiger partial charge >= 0.3 is 0 Å². The van der Waals surface area contributed by atoms with E-state index in [2.05, 4.69) is 10.5 Å². The predicted molar refractivity (Wildman–Crippen MR) is 94.7 cm³/mol. The van der Waals surface area contributed by atoms with E-state index in [1.54, 1.807) is 16.7 Å². The lowest BCUT2D eigenvalue weighted by Crippen LogP contribution is -2.56. The molecule has 2 saturated heterocycles. The number of aryl methyl sites for hydroxylation is 1. The molecule has 0 radical (unpaired) electrons. The van der Waals surface area contributed by atoms with E-state index in [0.717, 1.165) is 0 Å². The molecule has 3 heterocycles. The summed E-state index contributed by atoms with van der Waals surface area (Å²) in [5.41, 5.74) is 0.176. The summed E-state index contributed by atoms with van der Waals surface area (Å²) in [4.78, 5) is 39.7. The van der Waals surface area contributed by atoms with Gasteiger partial charge in [0.05, 0.1) is 12.1 Å². The van der Waals surface area contributed by atoms with Gasteiger partial charge in [0.1, 0.15) is 5.76 Å². The maximum absolute atomic E-state index is 12.7. The van der Waals surface area contributed by atoms with Gasteiger partial charge in [0.2, 0.25) is 11.8 Å². The summed E-state index contributed by atoms with van der Waals surface area (Å²) >= 11 is 0. The zero-order valence-corrected chi connectivity index (χ0v) is 15.7. The van der Waals surface area contributed by atoms with E-state index in [0.29, 0.717) is 44.7 Å². The fraction of sp³-hybridized carbons (Fsp3) is 0.667. The zero-order chi connectivity index (χ0) is 19.6. The Morgan fingerprint density at radius 1 is 1.19 bits per heavy atom. The van der Waals surface area contributed by atoms with Crippen molar-refractivity contribution in [1.82, 2.24) is 20.3 Å². The van der Waals surface area contributed by atoms with E-state index in [1.165, 1.54) is 13.0 Å². The maximum Gasteiger partial charge on any atom is 0.273 e. The van der Waals surface area contributed by atoms with E-state index in [-0.39, 0.29) is 30.0 Å². The molecule has 3 amide bonds. The highest BCUT2D eigenvalue weighted by atomic mass is 16.5. The van der Waals surface area contributed by atoms with Crippen LogP contribution in [-0.4, -0.2) is 76.1 Å². The van der Waals surface area contributed by atoms with Gasteiger partial charge in [0.25, 0.3) is 5.91 Å². The molecule has 0 bridgehead atoms. The summed E-state index contributed by atoms with van der Waals surface area (Å²) in [7, 11) is 0. The van der Waals surface area contributed by atoms with Crippen molar-refractivity contribution >= 4 is 17.7 Å². The van der Waals surface area contributed by atoms with E-state index in [1.807, 2.05) is 0 Å². The van der Waals surface area contributed by atoms with Crippen LogP contribution in [0.4, 0.5) is 0 Å². The average Bonchev–Trinajstić information content (AvgIpc) is 3.09. The Morgan fingerprint density at radius 3 is 2.41 bits per heavy atom. The molecule has 27 heavy (non-hydrogen) atoms. The van der Waals surface area contributed by atoms with Gasteiger partial charge in [-0.05, 0) is 26.2 Å². The van der Waals surface area contributed by atoms with Gasteiger partial charge in [-0.15, -0.1) is 0 Å². The molecule has 0 spiro atoms. The molecule has 9 heteroatoms. The molecule has 2 N–H and O–H groups in total. The summed E-state index contributed by atoms with van der Waals surface area (Å²) in [6.45, 7) is 5.09. The van der Waals surface area contributed by atoms with Crippen molar-refractivity contribution in [2.45, 2.75) is 45.3 Å². The van der Waals surface area contributed by atoms with Crippen LogP contribution in [0.1, 0.15) is 42.4 Å². The van der Waals surface area contributed by atoms with Crippen molar-refractivity contribution in [3.63, 3.8) is 0 Å². The topological polar surface area (TPSA) is 116 Å². The lowest BCUT2D eigenvalue weighted by molar-refractivity contribution is -0.143. The number of carbonyl (C=O) groups is 3. The molecule has 148 valence electrons. The molecule has 0 saturated carbocycles. The lowest BCUT2D eigenvalue weighted by Gasteiger charge is -2.39. The minimum atomic E-state index is -0.836. The highest BCUT2D eigenvalue weighted by Crippen LogP contribution is 2.22. The average molecular weight is 378 g/mol. The van der Waals surface area contributed by atoms with Crippen LogP contribution in [0.2, 0.25) is 0 Å². The minimum absolute atomic E-state index is 0.0224. The quantitative estimate of drug-likeness (QED) is 0.761. The summed E-state index contributed by atoms with van der Waals surface area (Å²) in [6, 6.07) is 1.10. The summed E-state index contributed by atoms with van der Waals surface area (Å²) in [6.07, 6.45) is 0.937. The number of hydrogen-bond acceptors (Lipinski definition) is 6. The van der Waals surface area contributed by atoms with Crippen LogP contribution >= 0.6 is 0 Å². The zero-order valence-electron chi connectivity index (χ0n) is 15.7. The molecule has 0 aromatic carbocycles. The van der Waals surface area contributed by atoms with Crippen molar-refractivity contribution in [2.75, 3.05) is 26.2 Å². The second kappa shape index (κ2) is 8.08. The van der Waals surface area contributed by atoms with Gasteiger partial charge in [-0.25, -0.2) is 0 Å². The molecule has 3 rings (SSSR count). The number of nitrogens with zero attached hydrogens (tertiary/aromatic N) is 3. The minimum Gasteiger partial charge on any atom is -0.389 e. The number of rotatable bonds is 3. The first kappa shape index (κ1) is 19.3. The van der Waals surface area contributed by atoms with E-state index in [9.17, 15) is 19.5 Å². The lowest BCUT2D eigenvalue weighted by atomic mass is 9.93. The van der Waals surface area contributed by atoms with Crippen molar-refractivity contribution in [1.29, 1.82) is 0 Å². The fourth-order valence-electron chi connectivity index (χ4n) is 3.72. The number of β-amino-alcohol motifs (C(OH)–C–C–N with tert-alkyl or cyclic N) is 1. The van der Waals surface area contributed by atoms with E-state index < -0.39 is 18.1 Å². The van der Waals surface area contributed by atoms with Gasteiger partial charge in [0.15, 0.2) is 5.69 Å². The van der Waals surface area contributed by atoms with Crippen LogP contribution in [0, 0.1) is 12.8 Å². The number of hydrogen-bond donors (Lipinski definition) is 2. The van der Waals surface area contributed by atoms with Crippen LogP contribution in [0.15, 0.2) is 10.6 Å². The normalized spacial score (nSPS) is 24.0. The Kier molecular flexibility index (Phi) is 5.79. The Bertz CT molecular complexity index is 710. The number of amides is 3. The van der Waals surface area contributed by atoms with Gasteiger partial charge in [-0.2, -0.15) is 0 Å². The third-order valence-corrected chi connectivity index (χ3v) is 5.36. The Labute approximate surface area is 157 Å². The molecule has 2 aliphatic rings. The third kappa shape index (κ3) is 4.47. The monoisotopic (exact) mass is 378 g/mol. The summed E-state index contributed by atoms with van der Waals surface area (Å²) in [5.74, 6) is 0.0885. The van der Waals surface area contributed by atoms with E-state index in [4.69, 9.17) is 4.52 Å². The van der Waals surface area contributed by atoms with Crippen LogP contribution in [-0.2, 0) is 9.59 Å². The smallest absolute Gasteiger partial charge is 0.273 e. The molecule has 0 unspecified atom stereocenters. The van der Waals surface area contributed by atoms with E-state index >= 15 is 0 Å². The van der Waals surface area contributed by atoms with Crippen LogP contribution in [0.5, 0.6) is 0 Å². The molecule has 9 nitrogen and oxygen atoms in total. The first-order valence-corrected chi connectivity index (χ1v) is 9.31. The van der Waals surface area contributed by atoms with Crippen molar-refractivity contribution in [2.24, 2.45) is 5.92 Å². The highest BCUT2D eigenvalue weighted by molar-refractivity contribution is 5.92. The fourth-order valence-corrected chi connectivity index (χ4v) is 3.72. The second-order valence-electron chi connectivity index (χ2n) is 7.32. The first-order chi connectivity index (χ1) is 12.8. The summed E-state index contributed by atoms with van der Waals surface area (Å²) in [5, 5.41) is 16.8. The SMILES string of the molecule is CC(=O)N1CCC(C(=O)N2CC[C@@H](NC(=O)c3cc(C)on3)[C@H](O)C2)CC1. The van der Waals surface area contributed by atoms with Gasteiger partial charge in [0, 0.05) is 45.1 Å². The largest absolute Gasteiger partial charge is 0.389 e. The molecular weight excluding hydrogens is 352 g/mol. The highest BCUT2D eigenvalue weighted by Gasteiger charge is 2.35. The number of carbonyl (C=O) groups excluding carboxylic acids is 3. The van der Waals surface area contributed by atoms with Crippen molar-refractivity contribution in [3.05, 3.63) is 17.5 Å². The van der Waals surface area contributed by atoms with Crippen LogP contribution < -0.4 is 5.32 Å². The first-order valence-electron chi connectivity index (χ1n) is 9.31. The molecule has 2 atom stereocenters. The number of nitrogens with one attached hydrogen (secondary N) is 1. The molecular formula is C18H26N4O5. The van der Waals surface area contributed by atoms with Gasteiger partial charge < -0.3 is 24.7 Å². The number of aromatic nitrogens is 1. The molecule has 0 aliphatic carbocycles. The Balaban J connectivity index is 1.50. The van der Waals surface area contributed by atoms with Gasteiger partial charge in [-0.3, -0.25) is 14.4 Å². The second-order valence-corrected chi connectivity index (χ2v) is 7.32. The van der Waals surface area contributed by atoms with Gasteiger partial charge in [-0.1, -0.05) is 5.16 Å². The Morgan fingerprint density at radius 2 is 1.85 bits per heavy atom. The predicted octanol–water partition coefficient (Wildman–Crippen LogP) is -0.0669. The number of aliphatic hydroxyl groups is 1. The standard InChI is InChI=1S/C18H26N4O5/c1-11-9-15(20-27-11)17(25)19-14-5-8-22(10-16(14)24)18(26)13-3-6-21(7-4-13)12(2)23/h9,13-14,16,24H,3-8,10H2,1-2H3,(H,19,25)/t14-,16-/m1/s1. The molecule has 1 aromatic rings. The number of piperidine rings is 2. The van der Waals surface area contributed by atoms with Crippen LogP contribution in [0.3, 0.4) is 0 Å². The third-order valence-electron chi connectivity index (χ3n) is 5.36. The van der Waals surface area contributed by atoms with Crippen molar-refractivity contribution in [3.8, 4) is 0 Å². The maximum atomic E-state index is 12.7. The number of aliphatic hydroxyl groups excluding tert-OH is 1.